The molecule has 1 saturated heterocycles. The maximum Gasteiger partial charge on any atom is 0.188 e. The molecular weight excluding hydrogens is 440 g/mol. The molecule has 6 rings (SSSR count). The summed E-state index contributed by atoms with van der Waals surface area (Å²) in [6.45, 7) is 5.31. The van der Waals surface area contributed by atoms with Crippen LogP contribution in [-0.4, -0.2) is 55.8 Å². The fraction of sp³-hybridized carbons (Fsp3) is 0.364. The van der Waals surface area contributed by atoms with Crippen LogP contribution in [0.2, 0.25) is 0 Å². The predicted octanol–water partition coefficient (Wildman–Crippen LogP) is 4.57. The number of thiazole rings is 2. The average molecular weight is 465 g/mol. The van der Waals surface area contributed by atoms with Gasteiger partial charge >= 0.3 is 0 Å². The molecule has 2 atom stereocenters. The van der Waals surface area contributed by atoms with Crippen LogP contribution in [0.1, 0.15) is 25.5 Å². The van der Waals surface area contributed by atoms with Gasteiger partial charge in [-0.25, -0.2) is 9.97 Å². The molecule has 10 heteroatoms. The van der Waals surface area contributed by atoms with E-state index in [0.717, 1.165) is 72.6 Å². The zero-order chi connectivity index (χ0) is 21.8. The number of nitrogens with one attached hydrogen (secondary N) is 3. The van der Waals surface area contributed by atoms with Gasteiger partial charge in [0.15, 0.2) is 14.8 Å². The van der Waals surface area contributed by atoms with Crippen molar-refractivity contribution in [1.82, 2.24) is 35.5 Å². The van der Waals surface area contributed by atoms with Crippen molar-refractivity contribution in [2.45, 2.75) is 38.8 Å². The summed E-state index contributed by atoms with van der Waals surface area (Å²) in [5, 5.41) is 13.8. The van der Waals surface area contributed by atoms with E-state index in [2.05, 4.69) is 45.4 Å². The quantitative estimate of drug-likeness (QED) is 0.360. The Balaban J connectivity index is 1.35. The lowest BCUT2D eigenvalue weighted by molar-refractivity contribution is 0.371. The largest absolute Gasteiger partial charge is 0.359 e. The smallest absolute Gasteiger partial charge is 0.188 e. The predicted molar refractivity (Wildman–Crippen MR) is 132 cm³/mol. The molecule has 5 aromatic heterocycles. The van der Waals surface area contributed by atoms with Gasteiger partial charge in [-0.2, -0.15) is 5.10 Å². The molecule has 0 aromatic carbocycles. The molecule has 5 aromatic rings. The topological polar surface area (TPSA) is 98.4 Å². The standard InChI is InChI=1S/C22H24N8S2/c1-11-8-13(4-6-23-11)30(3)22-28-21-20(32-22)27-19(31-21)18-17-14(5-7-24-17)16(9-25-18)15-10-26-29-12(15)2/h5,7,9-11,13,23-24H,4,6,8H2,1-3H3,(H,26,29)/t11-,13+/m1/s1. The first-order valence-corrected chi connectivity index (χ1v) is 12.4. The molecule has 1 aliphatic heterocycles. The van der Waals surface area contributed by atoms with Gasteiger partial charge in [-0.05, 0) is 39.3 Å². The molecule has 0 spiro atoms. The summed E-state index contributed by atoms with van der Waals surface area (Å²) in [6, 6.07) is 3.15. The van der Waals surface area contributed by atoms with E-state index in [9.17, 15) is 0 Å². The van der Waals surface area contributed by atoms with Gasteiger partial charge in [0.1, 0.15) is 10.7 Å². The number of hydrogen-bond acceptors (Lipinski definition) is 8. The number of aromatic nitrogens is 6. The number of pyridine rings is 1. The molecule has 32 heavy (non-hydrogen) atoms. The molecule has 1 fully saturated rings. The van der Waals surface area contributed by atoms with E-state index in [-0.39, 0.29) is 0 Å². The third-order valence-electron chi connectivity index (χ3n) is 6.33. The number of aryl methyl sites for hydroxylation is 1. The van der Waals surface area contributed by atoms with E-state index in [1.807, 2.05) is 25.5 Å². The highest BCUT2D eigenvalue weighted by Gasteiger charge is 2.25. The summed E-state index contributed by atoms with van der Waals surface area (Å²) in [5.41, 5.74) is 4.95. The third kappa shape index (κ3) is 3.21. The van der Waals surface area contributed by atoms with Gasteiger partial charge in [0.2, 0.25) is 0 Å². The van der Waals surface area contributed by atoms with Crippen molar-refractivity contribution in [2.24, 2.45) is 0 Å². The normalized spacial score (nSPS) is 19.2. The summed E-state index contributed by atoms with van der Waals surface area (Å²) >= 11 is 3.28. The maximum absolute atomic E-state index is 4.93. The molecular formula is C22H24N8S2. The summed E-state index contributed by atoms with van der Waals surface area (Å²) in [5.74, 6) is 0. The Bertz CT molecular complexity index is 1380. The van der Waals surface area contributed by atoms with E-state index >= 15 is 0 Å². The Kier molecular flexibility index (Phi) is 4.74. The highest BCUT2D eigenvalue weighted by molar-refractivity contribution is 7.29. The summed E-state index contributed by atoms with van der Waals surface area (Å²) in [6.07, 6.45) is 8.08. The van der Waals surface area contributed by atoms with Crippen molar-refractivity contribution in [3.8, 4) is 21.8 Å². The van der Waals surface area contributed by atoms with Gasteiger partial charge in [0.05, 0.1) is 11.2 Å². The number of H-pyrrole nitrogens is 2. The molecule has 0 bridgehead atoms. The third-order valence-corrected chi connectivity index (χ3v) is 8.46. The number of aromatic amines is 2. The Morgan fingerprint density at radius 2 is 2.03 bits per heavy atom. The second-order valence-corrected chi connectivity index (χ2v) is 10.4. The van der Waals surface area contributed by atoms with Gasteiger partial charge in [-0.3, -0.25) is 10.1 Å². The van der Waals surface area contributed by atoms with Crippen LogP contribution < -0.4 is 10.2 Å². The minimum Gasteiger partial charge on any atom is -0.359 e. The Morgan fingerprint density at radius 3 is 2.81 bits per heavy atom. The summed E-state index contributed by atoms with van der Waals surface area (Å²) < 4.78 is 0. The van der Waals surface area contributed by atoms with Crippen molar-refractivity contribution in [2.75, 3.05) is 18.5 Å². The molecule has 8 nitrogen and oxygen atoms in total. The molecule has 0 unspecified atom stereocenters. The maximum atomic E-state index is 4.93. The average Bonchev–Trinajstić information content (AvgIpc) is 3.56. The molecule has 164 valence electrons. The number of hydrogen-bond donors (Lipinski definition) is 3. The zero-order valence-electron chi connectivity index (χ0n) is 18.1. The number of nitrogens with zero attached hydrogens (tertiary/aromatic N) is 5. The van der Waals surface area contributed by atoms with E-state index < -0.39 is 0 Å². The van der Waals surface area contributed by atoms with Crippen LogP contribution in [0.4, 0.5) is 5.13 Å². The van der Waals surface area contributed by atoms with Crippen molar-refractivity contribution in [1.29, 1.82) is 0 Å². The lowest BCUT2D eigenvalue weighted by Gasteiger charge is -2.34. The van der Waals surface area contributed by atoms with Crippen LogP contribution in [0.25, 0.3) is 42.4 Å². The van der Waals surface area contributed by atoms with Crippen molar-refractivity contribution in [3.05, 3.63) is 30.4 Å². The Labute approximate surface area is 193 Å². The number of anilines is 1. The first kappa shape index (κ1) is 19.8. The van der Waals surface area contributed by atoms with Crippen molar-refractivity contribution >= 4 is 48.4 Å². The molecule has 6 heterocycles. The number of fused-ring (bicyclic) bond motifs is 2. The monoisotopic (exact) mass is 464 g/mol. The van der Waals surface area contributed by atoms with E-state index in [0.29, 0.717) is 12.1 Å². The van der Waals surface area contributed by atoms with Crippen LogP contribution in [-0.2, 0) is 0 Å². The first-order valence-electron chi connectivity index (χ1n) is 10.8. The van der Waals surface area contributed by atoms with E-state index in [1.165, 1.54) is 0 Å². The first-order chi connectivity index (χ1) is 15.6. The molecule has 0 saturated carbocycles. The van der Waals surface area contributed by atoms with Gasteiger partial charge in [0.25, 0.3) is 0 Å². The fourth-order valence-electron chi connectivity index (χ4n) is 4.56. The van der Waals surface area contributed by atoms with Crippen LogP contribution in [0.3, 0.4) is 0 Å². The SMILES string of the molecule is Cc1n[nH]cc1-c1cnc(-c2nc3sc(N(C)[C@H]4CCN[C@H](C)C4)nc3s2)c2[nH]ccc12. The minimum atomic E-state index is 0.519. The molecule has 1 aliphatic rings. The second-order valence-electron chi connectivity index (χ2n) is 8.44. The summed E-state index contributed by atoms with van der Waals surface area (Å²) in [4.78, 5) is 22.3. The number of rotatable bonds is 4. The number of piperidine rings is 1. The molecule has 3 N–H and O–H groups in total. The van der Waals surface area contributed by atoms with Gasteiger partial charge in [0, 0.05) is 54.2 Å². The lowest BCUT2D eigenvalue weighted by Crippen LogP contribution is -2.45. The lowest BCUT2D eigenvalue weighted by atomic mass is 10.00. The van der Waals surface area contributed by atoms with Gasteiger partial charge in [-0.1, -0.05) is 22.7 Å². The van der Waals surface area contributed by atoms with Crippen LogP contribution >= 0.6 is 22.7 Å². The van der Waals surface area contributed by atoms with Crippen LogP contribution in [0.15, 0.2) is 24.7 Å². The molecule has 0 amide bonds. The van der Waals surface area contributed by atoms with E-state index in [4.69, 9.17) is 15.0 Å². The molecule has 0 aliphatic carbocycles. The second kappa shape index (κ2) is 7.65. The highest BCUT2D eigenvalue weighted by Crippen LogP contribution is 2.39. The highest BCUT2D eigenvalue weighted by atomic mass is 32.1. The van der Waals surface area contributed by atoms with Crippen LogP contribution in [0.5, 0.6) is 0 Å². The van der Waals surface area contributed by atoms with E-state index in [1.54, 1.807) is 22.7 Å². The Morgan fingerprint density at radius 1 is 1.16 bits per heavy atom. The summed E-state index contributed by atoms with van der Waals surface area (Å²) in [7, 11) is 2.16. The minimum absolute atomic E-state index is 0.519. The van der Waals surface area contributed by atoms with Gasteiger partial charge in [-0.15, -0.1) is 0 Å². The zero-order valence-corrected chi connectivity index (χ0v) is 19.8. The molecule has 0 radical (unpaired) electrons. The van der Waals surface area contributed by atoms with Crippen molar-refractivity contribution < 1.29 is 0 Å². The van der Waals surface area contributed by atoms with Gasteiger partial charge < -0.3 is 15.2 Å². The fourth-order valence-corrected chi connectivity index (χ4v) is 6.63. The van der Waals surface area contributed by atoms with Crippen molar-refractivity contribution in [3.63, 3.8) is 0 Å². The van der Waals surface area contributed by atoms with Crippen LogP contribution in [0, 0.1) is 6.92 Å². The Hall–Kier alpha value is -2.82.